The lowest BCUT2D eigenvalue weighted by Gasteiger charge is -2.13. The minimum atomic E-state index is -3.65. The highest BCUT2D eigenvalue weighted by molar-refractivity contribution is 7.91. The number of aromatic nitrogens is 1. The Kier molecular flexibility index (Phi) is 6.66. The highest BCUT2D eigenvalue weighted by Crippen LogP contribution is 2.33. The summed E-state index contributed by atoms with van der Waals surface area (Å²) in [6.45, 7) is 3.62. The summed E-state index contributed by atoms with van der Waals surface area (Å²) in [6.07, 6.45) is 2.07. The average molecular weight is 491 g/mol. The quantitative estimate of drug-likeness (QED) is 0.542. The monoisotopic (exact) mass is 490 g/mol. The third kappa shape index (κ3) is 4.88. The first-order chi connectivity index (χ1) is 15.2. The number of carbonyl (C=O) groups excluding carboxylic acids is 1. The Balaban J connectivity index is 1.47. The van der Waals surface area contributed by atoms with Gasteiger partial charge in [0.15, 0.2) is 0 Å². The molecule has 1 fully saturated rings. The van der Waals surface area contributed by atoms with Crippen LogP contribution in [0.15, 0.2) is 39.9 Å². The first kappa shape index (κ1) is 22.9. The largest absolute Gasteiger partial charge is 0.378 e. The van der Waals surface area contributed by atoms with Crippen molar-refractivity contribution < 1.29 is 13.2 Å². The molecular weight excluding hydrogens is 464 g/mol. The molecule has 7 nitrogen and oxygen atoms in total. The number of amides is 1. The summed E-state index contributed by atoms with van der Waals surface area (Å²) >= 11 is 2.49. The van der Waals surface area contributed by atoms with Crippen LogP contribution < -0.4 is 9.62 Å². The molecule has 0 spiro atoms. The third-order valence-corrected chi connectivity index (χ3v) is 9.43. The molecular formula is C22H26N4O3S3. The van der Waals surface area contributed by atoms with E-state index >= 15 is 0 Å². The summed E-state index contributed by atoms with van der Waals surface area (Å²) in [6, 6.07) is 9.37. The zero-order chi connectivity index (χ0) is 22.9. The van der Waals surface area contributed by atoms with E-state index in [1.54, 1.807) is 11.4 Å². The Hall–Kier alpha value is -2.27. The molecule has 0 aliphatic carbocycles. The van der Waals surface area contributed by atoms with Gasteiger partial charge in [0.1, 0.15) is 14.1 Å². The average Bonchev–Trinajstić information content (AvgIpc) is 3.52. The fourth-order valence-corrected chi connectivity index (χ4v) is 6.84. The van der Waals surface area contributed by atoms with Gasteiger partial charge in [-0.15, -0.1) is 22.7 Å². The molecule has 0 bridgehead atoms. The first-order valence-corrected chi connectivity index (χ1v) is 13.5. The van der Waals surface area contributed by atoms with E-state index in [0.29, 0.717) is 15.6 Å². The van der Waals surface area contributed by atoms with Gasteiger partial charge >= 0.3 is 0 Å². The van der Waals surface area contributed by atoms with Crippen molar-refractivity contribution in [1.82, 2.24) is 14.6 Å². The lowest BCUT2D eigenvalue weighted by atomic mass is 10.2. The second kappa shape index (κ2) is 9.30. The maximum atomic E-state index is 12.8. The molecule has 1 aliphatic rings. The molecule has 0 unspecified atom stereocenters. The SMILES string of the molecule is Cc1nc(-c2csc(S(=O)(=O)NCc3ccc(N(C)C)cc3)c2)sc1C(=O)N1CCCC1. The Labute approximate surface area is 196 Å². The molecule has 3 aromatic rings. The summed E-state index contributed by atoms with van der Waals surface area (Å²) in [5, 5.41) is 2.45. The topological polar surface area (TPSA) is 82.6 Å². The van der Waals surface area contributed by atoms with Crippen LogP contribution in [0.1, 0.15) is 33.8 Å². The normalized spacial score (nSPS) is 14.2. The van der Waals surface area contributed by atoms with Gasteiger partial charge in [-0.3, -0.25) is 4.79 Å². The van der Waals surface area contributed by atoms with Crippen LogP contribution >= 0.6 is 22.7 Å². The van der Waals surface area contributed by atoms with Crippen molar-refractivity contribution in [2.45, 2.75) is 30.5 Å². The number of nitrogens with one attached hydrogen (secondary N) is 1. The maximum absolute atomic E-state index is 12.8. The van der Waals surface area contributed by atoms with Crippen LogP contribution in [0.25, 0.3) is 10.6 Å². The summed E-state index contributed by atoms with van der Waals surface area (Å²) in [7, 11) is 0.274. The number of sulfonamides is 1. The lowest BCUT2D eigenvalue weighted by Crippen LogP contribution is -2.27. The molecule has 3 heterocycles. The van der Waals surface area contributed by atoms with Crippen molar-refractivity contribution in [2.75, 3.05) is 32.1 Å². The first-order valence-electron chi connectivity index (χ1n) is 10.4. The van der Waals surface area contributed by atoms with E-state index in [1.807, 2.05) is 55.1 Å². The number of hydrogen-bond donors (Lipinski definition) is 1. The van der Waals surface area contributed by atoms with Gasteiger partial charge < -0.3 is 9.80 Å². The van der Waals surface area contributed by atoms with Gasteiger partial charge in [0.05, 0.1) is 5.69 Å². The Morgan fingerprint density at radius 1 is 1.19 bits per heavy atom. The number of nitrogens with zero attached hydrogens (tertiary/aromatic N) is 3. The standard InChI is InChI=1S/C22H26N4O3S3/c1-15-20(22(27)26-10-4-5-11-26)31-21(24-15)17-12-19(30-14-17)32(28,29)23-13-16-6-8-18(9-7-16)25(2)3/h6-9,12,14,23H,4-5,10-11,13H2,1-3H3. The summed E-state index contributed by atoms with van der Waals surface area (Å²) in [5.74, 6) is 0.0220. The maximum Gasteiger partial charge on any atom is 0.265 e. The van der Waals surface area contributed by atoms with Crippen molar-refractivity contribution in [3.05, 3.63) is 51.8 Å². The number of benzene rings is 1. The van der Waals surface area contributed by atoms with E-state index in [2.05, 4.69) is 9.71 Å². The van der Waals surface area contributed by atoms with Gasteiger partial charge in [-0.1, -0.05) is 12.1 Å². The zero-order valence-electron chi connectivity index (χ0n) is 18.3. The minimum Gasteiger partial charge on any atom is -0.378 e. The van der Waals surface area contributed by atoms with Crippen LogP contribution in [0.4, 0.5) is 5.69 Å². The molecule has 1 saturated heterocycles. The summed E-state index contributed by atoms with van der Waals surface area (Å²) < 4.78 is 28.5. The second-order valence-electron chi connectivity index (χ2n) is 7.97. The van der Waals surface area contributed by atoms with Gasteiger partial charge in [-0.25, -0.2) is 18.1 Å². The molecule has 0 saturated carbocycles. The summed E-state index contributed by atoms with van der Waals surface area (Å²) in [5.41, 5.74) is 3.36. The molecule has 170 valence electrons. The highest BCUT2D eigenvalue weighted by Gasteiger charge is 2.25. The van der Waals surface area contributed by atoms with Gasteiger partial charge in [-0.05, 0) is 43.5 Å². The van der Waals surface area contributed by atoms with Crippen LogP contribution in [0, 0.1) is 6.92 Å². The molecule has 0 atom stereocenters. The van der Waals surface area contributed by atoms with Crippen molar-refractivity contribution >= 4 is 44.3 Å². The number of hydrogen-bond acceptors (Lipinski definition) is 7. The van der Waals surface area contributed by atoms with Crippen molar-refractivity contribution in [2.24, 2.45) is 0 Å². The molecule has 4 rings (SSSR count). The Morgan fingerprint density at radius 3 is 2.53 bits per heavy atom. The second-order valence-corrected chi connectivity index (χ2v) is 11.9. The number of likely N-dealkylation sites (tertiary alicyclic amines) is 1. The lowest BCUT2D eigenvalue weighted by molar-refractivity contribution is 0.0796. The molecule has 2 aromatic heterocycles. The molecule has 1 aliphatic heterocycles. The molecule has 1 N–H and O–H groups in total. The van der Waals surface area contributed by atoms with E-state index in [1.165, 1.54) is 11.3 Å². The number of aryl methyl sites for hydroxylation is 1. The van der Waals surface area contributed by atoms with Crippen LogP contribution in [0.3, 0.4) is 0 Å². The van der Waals surface area contributed by atoms with E-state index in [-0.39, 0.29) is 16.7 Å². The predicted molar refractivity (Wildman–Crippen MR) is 130 cm³/mol. The smallest absolute Gasteiger partial charge is 0.265 e. The molecule has 0 radical (unpaired) electrons. The van der Waals surface area contributed by atoms with E-state index in [9.17, 15) is 13.2 Å². The Bertz CT molecular complexity index is 1210. The van der Waals surface area contributed by atoms with Gasteiger partial charge in [-0.2, -0.15) is 0 Å². The number of rotatable bonds is 7. The zero-order valence-corrected chi connectivity index (χ0v) is 20.7. The van der Waals surface area contributed by atoms with Crippen molar-refractivity contribution in [3.63, 3.8) is 0 Å². The molecule has 32 heavy (non-hydrogen) atoms. The van der Waals surface area contributed by atoms with E-state index in [4.69, 9.17) is 0 Å². The molecule has 1 aromatic carbocycles. The van der Waals surface area contributed by atoms with E-state index < -0.39 is 10.0 Å². The van der Waals surface area contributed by atoms with Crippen LogP contribution in [0.2, 0.25) is 0 Å². The van der Waals surface area contributed by atoms with Crippen LogP contribution in [0.5, 0.6) is 0 Å². The highest BCUT2D eigenvalue weighted by atomic mass is 32.2. The van der Waals surface area contributed by atoms with Crippen molar-refractivity contribution in [1.29, 1.82) is 0 Å². The summed E-state index contributed by atoms with van der Waals surface area (Å²) in [4.78, 5) is 21.8. The number of anilines is 1. The van der Waals surface area contributed by atoms with Gasteiger partial charge in [0.2, 0.25) is 10.0 Å². The van der Waals surface area contributed by atoms with E-state index in [0.717, 1.165) is 54.1 Å². The minimum absolute atomic E-state index is 0.0220. The van der Waals surface area contributed by atoms with Crippen molar-refractivity contribution in [3.8, 4) is 10.6 Å². The molecule has 10 heteroatoms. The molecule has 1 amide bonds. The van der Waals surface area contributed by atoms with Crippen LogP contribution in [-0.2, 0) is 16.6 Å². The fourth-order valence-electron chi connectivity index (χ4n) is 3.51. The Morgan fingerprint density at radius 2 is 1.88 bits per heavy atom. The third-order valence-electron chi connectivity index (χ3n) is 5.39. The van der Waals surface area contributed by atoms with Gasteiger partial charge in [0.25, 0.3) is 5.91 Å². The van der Waals surface area contributed by atoms with Gasteiger partial charge in [0, 0.05) is 50.4 Å². The van der Waals surface area contributed by atoms with Crippen LogP contribution in [-0.4, -0.2) is 51.4 Å². The number of carbonyl (C=O) groups is 1. The predicted octanol–water partition coefficient (Wildman–Crippen LogP) is 3.96. The number of thiophene rings is 1. The number of thiazole rings is 1. The fraction of sp³-hybridized carbons (Fsp3) is 0.364.